The lowest BCUT2D eigenvalue weighted by Gasteiger charge is -2.21. The Morgan fingerprint density at radius 1 is 1.03 bits per heavy atom. The molecule has 2 heterocycles. The molecule has 0 aliphatic rings. The van der Waals surface area contributed by atoms with Crippen LogP contribution >= 0.6 is 0 Å². The molecule has 2 amide bonds. The van der Waals surface area contributed by atoms with Crippen LogP contribution in [-0.4, -0.2) is 53.1 Å². The second-order valence-electron chi connectivity index (χ2n) is 9.56. The Kier molecular flexibility index (Phi) is 6.30. The van der Waals surface area contributed by atoms with E-state index in [-0.39, 0.29) is 11.8 Å². The second-order valence-corrected chi connectivity index (χ2v) is 9.56. The van der Waals surface area contributed by atoms with Crippen molar-refractivity contribution in [1.29, 1.82) is 0 Å². The van der Waals surface area contributed by atoms with E-state index < -0.39 is 5.41 Å². The van der Waals surface area contributed by atoms with E-state index in [1.165, 1.54) is 4.90 Å². The van der Waals surface area contributed by atoms with Crippen LogP contribution in [0, 0.1) is 5.41 Å². The molecule has 4 aromatic rings. The van der Waals surface area contributed by atoms with E-state index in [0.29, 0.717) is 16.9 Å². The summed E-state index contributed by atoms with van der Waals surface area (Å²) in [5, 5.41) is 11.1. The largest absolute Gasteiger partial charge is 0.496 e. The molecule has 8 nitrogen and oxygen atoms in total. The summed E-state index contributed by atoms with van der Waals surface area (Å²) >= 11 is 0. The Hall–Kier alpha value is -4.20. The van der Waals surface area contributed by atoms with Gasteiger partial charge in [-0.15, -0.1) is 0 Å². The summed E-state index contributed by atoms with van der Waals surface area (Å²) in [5.41, 5.74) is 4.14. The van der Waals surface area contributed by atoms with Gasteiger partial charge in [0.15, 0.2) is 5.65 Å². The van der Waals surface area contributed by atoms with Crippen molar-refractivity contribution in [3.8, 4) is 28.1 Å². The van der Waals surface area contributed by atoms with Gasteiger partial charge in [0.1, 0.15) is 5.75 Å². The fraction of sp³-hybridized carbons (Fsp3) is 0.259. The van der Waals surface area contributed by atoms with E-state index >= 15 is 0 Å². The van der Waals surface area contributed by atoms with Gasteiger partial charge in [-0.05, 0) is 35.9 Å². The quantitative estimate of drug-likeness (QED) is 0.427. The predicted octanol–water partition coefficient (Wildman–Crippen LogP) is 4.99. The van der Waals surface area contributed by atoms with E-state index in [1.54, 1.807) is 39.5 Å². The van der Waals surface area contributed by atoms with Crippen LogP contribution in [0.2, 0.25) is 0 Å². The molecule has 0 aliphatic heterocycles. The van der Waals surface area contributed by atoms with Gasteiger partial charge in [0, 0.05) is 42.2 Å². The number of nitrogens with one attached hydrogen (secondary N) is 2. The Morgan fingerprint density at radius 3 is 2.46 bits per heavy atom. The van der Waals surface area contributed by atoms with Gasteiger partial charge < -0.3 is 15.0 Å². The Balaban J connectivity index is 1.81. The molecule has 0 aliphatic carbocycles. The maximum atomic E-state index is 13.0. The molecular weight excluding hydrogens is 442 g/mol. The van der Waals surface area contributed by atoms with Crippen molar-refractivity contribution >= 4 is 28.5 Å². The number of nitrogens with zero attached hydrogens (tertiary/aromatic N) is 3. The molecule has 8 heteroatoms. The van der Waals surface area contributed by atoms with Gasteiger partial charge in [-0.2, -0.15) is 5.10 Å². The van der Waals surface area contributed by atoms with Crippen LogP contribution in [0.25, 0.3) is 33.4 Å². The molecular formula is C27H29N5O3. The monoisotopic (exact) mass is 471 g/mol. The smallest absolute Gasteiger partial charge is 0.255 e. The van der Waals surface area contributed by atoms with Crippen LogP contribution in [0.1, 0.15) is 31.1 Å². The number of carbonyl (C=O) groups is 2. The van der Waals surface area contributed by atoms with Crippen LogP contribution in [0.15, 0.2) is 54.7 Å². The summed E-state index contributed by atoms with van der Waals surface area (Å²) in [6, 6.07) is 15.1. The van der Waals surface area contributed by atoms with Gasteiger partial charge in [-0.1, -0.05) is 39.0 Å². The van der Waals surface area contributed by atoms with Gasteiger partial charge in [-0.25, -0.2) is 4.98 Å². The van der Waals surface area contributed by atoms with E-state index in [4.69, 9.17) is 4.74 Å². The number of amides is 2. The van der Waals surface area contributed by atoms with Crippen LogP contribution in [0.5, 0.6) is 5.75 Å². The predicted molar refractivity (Wildman–Crippen MR) is 137 cm³/mol. The number of hydrogen-bond donors (Lipinski definition) is 2. The van der Waals surface area contributed by atoms with Crippen molar-refractivity contribution in [3.63, 3.8) is 0 Å². The molecule has 0 spiro atoms. The average Bonchev–Trinajstić information content (AvgIpc) is 3.26. The highest BCUT2D eigenvalue weighted by molar-refractivity contribution is 6.05. The minimum atomic E-state index is -0.595. The molecule has 0 unspecified atom stereocenters. The number of aromatic amines is 1. The number of hydrogen-bond acceptors (Lipinski definition) is 5. The first-order valence-electron chi connectivity index (χ1n) is 11.2. The summed E-state index contributed by atoms with van der Waals surface area (Å²) in [5.74, 6) is 0.352. The van der Waals surface area contributed by atoms with Crippen LogP contribution < -0.4 is 10.1 Å². The molecule has 4 rings (SSSR count). The van der Waals surface area contributed by atoms with Gasteiger partial charge in [-0.3, -0.25) is 14.7 Å². The lowest BCUT2D eigenvalue weighted by molar-refractivity contribution is -0.123. The summed E-state index contributed by atoms with van der Waals surface area (Å²) < 4.78 is 5.52. The minimum Gasteiger partial charge on any atom is -0.496 e. The zero-order valence-electron chi connectivity index (χ0n) is 20.8. The third-order valence-corrected chi connectivity index (χ3v) is 5.70. The Morgan fingerprint density at radius 2 is 1.77 bits per heavy atom. The first kappa shape index (κ1) is 23.9. The van der Waals surface area contributed by atoms with Crippen molar-refractivity contribution in [1.82, 2.24) is 20.1 Å². The number of pyridine rings is 1. The number of anilines is 1. The first-order chi connectivity index (χ1) is 16.6. The van der Waals surface area contributed by atoms with Crippen molar-refractivity contribution in [2.24, 2.45) is 5.41 Å². The summed E-state index contributed by atoms with van der Waals surface area (Å²) in [7, 11) is 5.00. The number of methoxy groups -OCH3 is 1. The normalized spacial score (nSPS) is 11.4. The highest BCUT2D eigenvalue weighted by atomic mass is 16.5. The maximum absolute atomic E-state index is 13.0. The molecule has 0 bridgehead atoms. The molecule has 0 saturated carbocycles. The van der Waals surface area contributed by atoms with Crippen molar-refractivity contribution < 1.29 is 14.3 Å². The van der Waals surface area contributed by atoms with E-state index in [0.717, 1.165) is 33.5 Å². The fourth-order valence-electron chi connectivity index (χ4n) is 3.67. The standard InChI is InChI=1S/C27H29N5O3/c1-27(2,3)26(34)29-21-12-11-16(13-19(21)25(33)32(4)5)17-14-20-23(30-31-24(20)28-15-17)18-9-7-8-10-22(18)35-6/h7-15H,1-6H3,(H,29,34)(H,28,30,31). The highest BCUT2D eigenvalue weighted by Crippen LogP contribution is 2.35. The van der Waals surface area contributed by atoms with E-state index in [2.05, 4.69) is 20.5 Å². The van der Waals surface area contributed by atoms with Crippen LogP contribution in [-0.2, 0) is 4.79 Å². The molecule has 0 atom stereocenters. The number of H-pyrrole nitrogens is 1. The van der Waals surface area contributed by atoms with Gasteiger partial charge in [0.2, 0.25) is 5.91 Å². The van der Waals surface area contributed by atoms with Crippen molar-refractivity contribution in [2.45, 2.75) is 20.8 Å². The number of aromatic nitrogens is 3. The molecule has 0 radical (unpaired) electrons. The van der Waals surface area contributed by atoms with Gasteiger partial charge >= 0.3 is 0 Å². The Labute approximate surface area is 204 Å². The summed E-state index contributed by atoms with van der Waals surface area (Å²) in [4.78, 5) is 31.6. The number of carbonyl (C=O) groups excluding carboxylic acids is 2. The minimum absolute atomic E-state index is 0.166. The first-order valence-corrected chi connectivity index (χ1v) is 11.2. The fourth-order valence-corrected chi connectivity index (χ4v) is 3.67. The van der Waals surface area contributed by atoms with E-state index in [9.17, 15) is 9.59 Å². The number of benzene rings is 2. The van der Waals surface area contributed by atoms with Crippen LogP contribution in [0.3, 0.4) is 0 Å². The van der Waals surface area contributed by atoms with Gasteiger partial charge in [0.05, 0.1) is 24.1 Å². The SMILES string of the molecule is COc1ccccc1-c1[nH]nc2ncc(-c3ccc(NC(=O)C(C)(C)C)c(C(=O)N(C)C)c3)cc12. The van der Waals surface area contributed by atoms with Crippen molar-refractivity contribution in [3.05, 3.63) is 60.3 Å². The number of rotatable bonds is 5. The molecule has 2 aromatic carbocycles. The number of fused-ring (bicyclic) bond motifs is 1. The molecule has 35 heavy (non-hydrogen) atoms. The summed E-state index contributed by atoms with van der Waals surface area (Å²) in [6.45, 7) is 5.49. The number of para-hydroxylation sites is 1. The average molecular weight is 472 g/mol. The summed E-state index contributed by atoms with van der Waals surface area (Å²) in [6.07, 6.45) is 1.72. The zero-order valence-corrected chi connectivity index (χ0v) is 20.8. The van der Waals surface area contributed by atoms with Crippen molar-refractivity contribution in [2.75, 3.05) is 26.5 Å². The second kappa shape index (κ2) is 9.21. The zero-order chi connectivity index (χ0) is 25.3. The lowest BCUT2D eigenvalue weighted by Crippen LogP contribution is -2.29. The maximum Gasteiger partial charge on any atom is 0.255 e. The molecule has 180 valence electrons. The van der Waals surface area contributed by atoms with Gasteiger partial charge in [0.25, 0.3) is 5.91 Å². The van der Waals surface area contributed by atoms with Crippen LogP contribution in [0.4, 0.5) is 5.69 Å². The lowest BCUT2D eigenvalue weighted by atomic mass is 9.95. The highest BCUT2D eigenvalue weighted by Gasteiger charge is 2.24. The number of ether oxygens (including phenoxy) is 1. The Bertz CT molecular complexity index is 1420. The third kappa shape index (κ3) is 4.73. The molecule has 2 aromatic heterocycles. The topological polar surface area (TPSA) is 100 Å². The third-order valence-electron chi connectivity index (χ3n) is 5.70. The molecule has 0 saturated heterocycles. The molecule has 0 fully saturated rings. The van der Waals surface area contributed by atoms with E-state index in [1.807, 2.05) is 57.2 Å². The molecule has 2 N–H and O–H groups in total.